The minimum absolute atomic E-state index is 0.573. The molecule has 2 aliphatic rings. The predicted octanol–water partition coefficient (Wildman–Crippen LogP) is 4.53. The van der Waals surface area contributed by atoms with Crippen molar-refractivity contribution in [2.24, 2.45) is 11.8 Å². The average molecular weight is 312 g/mol. The van der Waals surface area contributed by atoms with Crippen LogP contribution in [0.3, 0.4) is 0 Å². The molecule has 0 radical (unpaired) electrons. The molecule has 0 aliphatic carbocycles. The van der Waals surface area contributed by atoms with E-state index in [0.29, 0.717) is 6.04 Å². The molecule has 1 N–H and O–H groups in total. The van der Waals surface area contributed by atoms with Gasteiger partial charge in [0.05, 0.1) is 13.2 Å². The number of fused-ring (bicyclic) bond motifs is 5. The van der Waals surface area contributed by atoms with E-state index in [2.05, 4.69) is 41.9 Å². The van der Waals surface area contributed by atoms with E-state index in [1.807, 2.05) is 0 Å². The van der Waals surface area contributed by atoms with Crippen LogP contribution in [0.5, 0.6) is 5.75 Å². The lowest BCUT2D eigenvalue weighted by molar-refractivity contribution is 0.0489. The lowest BCUT2D eigenvalue weighted by Gasteiger charge is -2.46. The van der Waals surface area contributed by atoms with E-state index in [0.717, 1.165) is 24.0 Å². The lowest BCUT2D eigenvalue weighted by Crippen LogP contribution is -2.45. The molecule has 4 rings (SSSR count). The fourth-order valence-corrected chi connectivity index (χ4v) is 4.99. The third-order valence-corrected chi connectivity index (χ3v) is 6.28. The fraction of sp³-hybridized carbons (Fsp3) is 0.600. The summed E-state index contributed by atoms with van der Waals surface area (Å²) in [7, 11) is 1.78. The van der Waals surface area contributed by atoms with Gasteiger partial charge in [-0.3, -0.25) is 4.90 Å². The summed E-state index contributed by atoms with van der Waals surface area (Å²) < 4.78 is 5.63. The van der Waals surface area contributed by atoms with Crippen LogP contribution in [0.1, 0.15) is 50.4 Å². The van der Waals surface area contributed by atoms with Gasteiger partial charge in [-0.05, 0) is 42.4 Å². The summed E-state index contributed by atoms with van der Waals surface area (Å²) in [4.78, 5) is 6.47. The second kappa shape index (κ2) is 5.86. The monoisotopic (exact) mass is 312 g/mol. The van der Waals surface area contributed by atoms with Crippen molar-refractivity contribution >= 4 is 10.9 Å². The molecule has 3 heterocycles. The molecule has 1 aromatic carbocycles. The van der Waals surface area contributed by atoms with E-state index < -0.39 is 0 Å². The Morgan fingerprint density at radius 3 is 2.78 bits per heavy atom. The van der Waals surface area contributed by atoms with Crippen LogP contribution < -0.4 is 4.74 Å². The van der Waals surface area contributed by atoms with E-state index >= 15 is 0 Å². The number of piperidine rings is 1. The highest BCUT2D eigenvalue weighted by molar-refractivity contribution is 5.91. The lowest BCUT2D eigenvalue weighted by atomic mass is 9.76. The molecule has 124 valence electrons. The summed E-state index contributed by atoms with van der Waals surface area (Å²) in [6.45, 7) is 7.18. The maximum Gasteiger partial charge on any atom is 0.128 e. The quantitative estimate of drug-likeness (QED) is 0.902. The Bertz CT molecular complexity index is 705. The third-order valence-electron chi connectivity index (χ3n) is 6.28. The van der Waals surface area contributed by atoms with Crippen molar-refractivity contribution in [2.75, 3.05) is 20.2 Å². The van der Waals surface area contributed by atoms with E-state index in [9.17, 15) is 0 Å². The molecule has 1 fully saturated rings. The Morgan fingerprint density at radius 2 is 2.04 bits per heavy atom. The van der Waals surface area contributed by atoms with Crippen molar-refractivity contribution in [3.63, 3.8) is 0 Å². The standard InChI is InChI=1S/C20H28N2O/c1-4-13-11-17-20-15(9-10-22(17)12-14(13)5-2)19-16(21-20)7-6-8-18(19)23-3/h6-8,13-14,17,21H,4-5,9-12H2,1-3H3. The van der Waals surface area contributed by atoms with Crippen LogP contribution in [0.25, 0.3) is 10.9 Å². The number of nitrogens with one attached hydrogen (secondary N) is 1. The maximum atomic E-state index is 5.63. The molecule has 3 unspecified atom stereocenters. The van der Waals surface area contributed by atoms with Crippen LogP contribution in [0.4, 0.5) is 0 Å². The molecule has 1 saturated heterocycles. The van der Waals surface area contributed by atoms with E-state index in [4.69, 9.17) is 4.74 Å². The number of benzene rings is 1. The molecule has 1 aromatic heterocycles. The first-order valence-electron chi connectivity index (χ1n) is 9.18. The Labute approximate surface area is 139 Å². The van der Waals surface area contributed by atoms with Crippen LogP contribution in [0.15, 0.2) is 18.2 Å². The number of hydrogen-bond donors (Lipinski definition) is 1. The van der Waals surface area contributed by atoms with Gasteiger partial charge in [-0.1, -0.05) is 32.8 Å². The first-order valence-corrected chi connectivity index (χ1v) is 9.18. The first kappa shape index (κ1) is 15.1. The van der Waals surface area contributed by atoms with Gasteiger partial charge < -0.3 is 9.72 Å². The third kappa shape index (κ3) is 2.28. The summed E-state index contributed by atoms with van der Waals surface area (Å²) in [5, 5.41) is 1.32. The molecule has 0 saturated carbocycles. The Balaban J connectivity index is 1.78. The van der Waals surface area contributed by atoms with E-state index in [1.54, 1.807) is 7.11 Å². The molecule has 2 aromatic rings. The summed E-state index contributed by atoms with van der Waals surface area (Å²) in [5.74, 6) is 2.75. The molecule has 3 nitrogen and oxygen atoms in total. The van der Waals surface area contributed by atoms with Gasteiger partial charge in [-0.25, -0.2) is 0 Å². The van der Waals surface area contributed by atoms with Crippen molar-refractivity contribution in [3.05, 3.63) is 29.5 Å². The summed E-state index contributed by atoms with van der Waals surface area (Å²) in [6.07, 6.45) is 5.06. The fourth-order valence-electron chi connectivity index (χ4n) is 4.99. The Hall–Kier alpha value is -1.48. The van der Waals surface area contributed by atoms with Crippen LogP contribution in [-0.2, 0) is 6.42 Å². The molecule has 0 bridgehead atoms. The zero-order valence-electron chi connectivity index (χ0n) is 14.6. The van der Waals surface area contributed by atoms with Crippen molar-refractivity contribution < 1.29 is 4.74 Å². The maximum absolute atomic E-state index is 5.63. The number of nitrogens with zero attached hydrogens (tertiary/aromatic N) is 1. The minimum atomic E-state index is 0.573. The number of H-pyrrole nitrogens is 1. The van der Waals surface area contributed by atoms with Gasteiger partial charge in [0.15, 0.2) is 0 Å². The van der Waals surface area contributed by atoms with Crippen LogP contribution in [0.2, 0.25) is 0 Å². The van der Waals surface area contributed by atoms with Gasteiger partial charge in [0, 0.05) is 29.7 Å². The van der Waals surface area contributed by atoms with Crippen LogP contribution >= 0.6 is 0 Å². The molecular weight excluding hydrogens is 284 g/mol. The molecular formula is C20H28N2O. The predicted molar refractivity (Wildman–Crippen MR) is 95.0 cm³/mol. The number of hydrogen-bond acceptors (Lipinski definition) is 2. The highest BCUT2D eigenvalue weighted by Crippen LogP contribution is 2.45. The summed E-state index contributed by atoms with van der Waals surface area (Å²) >= 11 is 0. The molecule has 0 spiro atoms. The van der Waals surface area contributed by atoms with E-state index in [-0.39, 0.29) is 0 Å². The van der Waals surface area contributed by atoms with Gasteiger partial charge in [0.1, 0.15) is 5.75 Å². The smallest absolute Gasteiger partial charge is 0.128 e. The van der Waals surface area contributed by atoms with Crippen molar-refractivity contribution in [1.82, 2.24) is 9.88 Å². The molecule has 3 heteroatoms. The topological polar surface area (TPSA) is 28.3 Å². The highest BCUT2D eigenvalue weighted by atomic mass is 16.5. The number of aromatic amines is 1. The zero-order chi connectivity index (χ0) is 16.0. The van der Waals surface area contributed by atoms with E-state index in [1.165, 1.54) is 54.5 Å². The summed E-state index contributed by atoms with van der Waals surface area (Å²) in [6, 6.07) is 6.94. The molecule has 2 aliphatic heterocycles. The van der Waals surface area contributed by atoms with Gasteiger partial charge in [-0.15, -0.1) is 0 Å². The number of ether oxygens (including phenoxy) is 1. The molecule has 0 amide bonds. The molecule has 23 heavy (non-hydrogen) atoms. The first-order chi connectivity index (χ1) is 11.3. The number of rotatable bonds is 3. The average Bonchev–Trinajstić information content (AvgIpc) is 2.99. The highest BCUT2D eigenvalue weighted by Gasteiger charge is 2.39. The summed E-state index contributed by atoms with van der Waals surface area (Å²) in [5.41, 5.74) is 4.20. The van der Waals surface area contributed by atoms with Crippen molar-refractivity contribution in [1.29, 1.82) is 0 Å². The normalized spacial score (nSPS) is 27.7. The second-order valence-corrected chi connectivity index (χ2v) is 7.23. The zero-order valence-corrected chi connectivity index (χ0v) is 14.6. The second-order valence-electron chi connectivity index (χ2n) is 7.23. The van der Waals surface area contributed by atoms with Gasteiger partial charge in [0.25, 0.3) is 0 Å². The van der Waals surface area contributed by atoms with Gasteiger partial charge in [0.2, 0.25) is 0 Å². The largest absolute Gasteiger partial charge is 0.496 e. The number of aromatic nitrogens is 1. The van der Waals surface area contributed by atoms with Crippen LogP contribution in [0, 0.1) is 11.8 Å². The minimum Gasteiger partial charge on any atom is -0.496 e. The Morgan fingerprint density at radius 1 is 1.22 bits per heavy atom. The van der Waals surface area contributed by atoms with Crippen molar-refractivity contribution in [2.45, 2.75) is 45.6 Å². The number of methoxy groups -OCH3 is 1. The molecule has 3 atom stereocenters. The van der Waals surface area contributed by atoms with Gasteiger partial charge >= 0.3 is 0 Å². The van der Waals surface area contributed by atoms with Crippen molar-refractivity contribution in [3.8, 4) is 5.75 Å². The SMILES string of the molecule is CCC1CC2c3[nH]c4cccc(OC)c4c3CCN2CC1CC. The van der Waals surface area contributed by atoms with Crippen LogP contribution in [-0.4, -0.2) is 30.1 Å². The Kier molecular flexibility index (Phi) is 3.84. The van der Waals surface area contributed by atoms with Gasteiger partial charge in [-0.2, -0.15) is 0 Å².